The lowest BCUT2D eigenvalue weighted by molar-refractivity contribution is -0.274. The molecule has 0 bridgehead atoms. The fraction of sp³-hybridized carbons (Fsp3) is 0.500. The van der Waals surface area contributed by atoms with Crippen molar-refractivity contribution in [3.63, 3.8) is 0 Å². The Morgan fingerprint density at radius 1 is 1.29 bits per heavy atom. The van der Waals surface area contributed by atoms with Crippen LogP contribution in [0, 0.1) is 0 Å². The molecule has 9 heteroatoms. The van der Waals surface area contributed by atoms with Gasteiger partial charge in [0.25, 0.3) is 0 Å². The first-order valence-electron chi connectivity index (χ1n) is 6.35. The molecule has 1 aliphatic rings. The molecule has 0 radical (unpaired) electrons. The zero-order valence-corrected chi connectivity index (χ0v) is 11.8. The highest BCUT2D eigenvalue weighted by Crippen LogP contribution is 2.31. The van der Waals surface area contributed by atoms with E-state index in [2.05, 4.69) is 14.8 Å². The lowest BCUT2D eigenvalue weighted by Crippen LogP contribution is -2.41. The first-order chi connectivity index (χ1) is 9.78. The van der Waals surface area contributed by atoms with E-state index in [-0.39, 0.29) is 12.2 Å². The summed E-state index contributed by atoms with van der Waals surface area (Å²) >= 11 is 0. The van der Waals surface area contributed by atoms with Gasteiger partial charge >= 0.3 is 6.36 Å². The summed E-state index contributed by atoms with van der Waals surface area (Å²) in [7, 11) is -3.77. The second-order valence-electron chi connectivity index (χ2n) is 4.66. The Hall–Kier alpha value is -1.48. The summed E-state index contributed by atoms with van der Waals surface area (Å²) in [6.07, 6.45) is -3.72. The van der Waals surface area contributed by atoms with E-state index in [9.17, 15) is 21.6 Å². The summed E-state index contributed by atoms with van der Waals surface area (Å²) in [5.74, 6) is -0.572. The van der Waals surface area contributed by atoms with E-state index in [1.54, 1.807) is 0 Å². The number of rotatable bonds is 4. The number of piperidine rings is 1. The molecule has 0 aliphatic carbocycles. The Labute approximate surface area is 120 Å². The van der Waals surface area contributed by atoms with Crippen molar-refractivity contribution in [3.8, 4) is 5.75 Å². The van der Waals surface area contributed by atoms with Crippen LogP contribution in [0.15, 0.2) is 24.3 Å². The molecule has 0 saturated carbocycles. The summed E-state index contributed by atoms with van der Waals surface area (Å²) < 4.78 is 67.3. The van der Waals surface area contributed by atoms with Crippen LogP contribution in [0.5, 0.6) is 5.75 Å². The molecule has 1 aliphatic heterocycles. The summed E-state index contributed by atoms with van der Waals surface area (Å²) in [5, 5.41) is 2.27. The fourth-order valence-corrected chi connectivity index (χ4v) is 3.54. The zero-order chi connectivity index (χ0) is 15.5. The Kier molecular flexibility index (Phi) is 4.62. The van der Waals surface area contributed by atoms with E-state index in [0.29, 0.717) is 12.8 Å². The van der Waals surface area contributed by atoms with Crippen molar-refractivity contribution in [1.29, 1.82) is 0 Å². The Balaban J connectivity index is 2.18. The topological polar surface area (TPSA) is 67.4 Å². The Morgan fingerprint density at radius 2 is 2.00 bits per heavy atom. The second-order valence-corrected chi connectivity index (χ2v) is 6.62. The van der Waals surface area contributed by atoms with Crippen LogP contribution in [0.1, 0.15) is 12.8 Å². The lowest BCUT2D eigenvalue weighted by atomic mass is 10.2. The molecular weight excluding hydrogens is 309 g/mol. The van der Waals surface area contributed by atoms with Gasteiger partial charge in [0.1, 0.15) is 0 Å². The predicted molar refractivity (Wildman–Crippen MR) is 71.6 cm³/mol. The number of sulfonamides is 1. The molecule has 1 atom stereocenters. The first-order valence-corrected chi connectivity index (χ1v) is 7.90. The number of nitrogens with one attached hydrogen (secondary N) is 2. The summed E-state index contributed by atoms with van der Waals surface area (Å²) in [6.45, 7) is 1.01. The number of para-hydroxylation sites is 2. The molecule has 118 valence electrons. The van der Waals surface area contributed by atoms with Crippen LogP contribution >= 0.6 is 0 Å². The highest BCUT2D eigenvalue weighted by Gasteiger charge is 2.33. The largest absolute Gasteiger partial charge is 0.573 e. The quantitative estimate of drug-likeness (QED) is 0.890. The van der Waals surface area contributed by atoms with Crippen molar-refractivity contribution in [2.45, 2.75) is 24.5 Å². The first kappa shape index (κ1) is 15.9. The second kappa shape index (κ2) is 6.10. The standard InChI is InChI=1S/C12H15F3N2O3S/c13-12(14,15)20-11-6-2-1-5-10(11)17-21(18,19)9-4-3-7-16-8-9/h1-2,5-6,9,16-17H,3-4,7-8H2. The molecule has 1 heterocycles. The van der Waals surface area contributed by atoms with Gasteiger partial charge in [0, 0.05) is 6.54 Å². The third kappa shape index (κ3) is 4.50. The highest BCUT2D eigenvalue weighted by molar-refractivity contribution is 7.93. The summed E-state index contributed by atoms with van der Waals surface area (Å²) in [6, 6.07) is 5.06. The molecule has 5 nitrogen and oxygen atoms in total. The van der Waals surface area contributed by atoms with Gasteiger partial charge in [-0.3, -0.25) is 4.72 Å². The number of anilines is 1. The number of hydrogen-bond acceptors (Lipinski definition) is 4. The van der Waals surface area contributed by atoms with Crippen molar-refractivity contribution in [2.75, 3.05) is 17.8 Å². The molecule has 1 aromatic rings. The summed E-state index contributed by atoms with van der Waals surface area (Å²) in [5.41, 5.74) is -0.222. The Morgan fingerprint density at radius 3 is 2.62 bits per heavy atom. The lowest BCUT2D eigenvalue weighted by Gasteiger charge is -2.24. The monoisotopic (exact) mass is 324 g/mol. The molecular formula is C12H15F3N2O3S. The van der Waals surface area contributed by atoms with Gasteiger partial charge in [-0.1, -0.05) is 12.1 Å². The van der Waals surface area contributed by atoms with Crippen LogP contribution in [-0.4, -0.2) is 33.1 Å². The Bertz CT molecular complexity index is 584. The van der Waals surface area contributed by atoms with E-state index in [1.165, 1.54) is 18.2 Å². The fourth-order valence-electron chi connectivity index (χ4n) is 2.09. The van der Waals surface area contributed by atoms with Crippen LogP contribution < -0.4 is 14.8 Å². The minimum atomic E-state index is -4.88. The molecule has 0 amide bonds. The van der Waals surface area contributed by atoms with Crippen LogP contribution in [0.4, 0.5) is 18.9 Å². The van der Waals surface area contributed by atoms with Crippen LogP contribution in [0.3, 0.4) is 0 Å². The number of alkyl halides is 3. The molecule has 21 heavy (non-hydrogen) atoms. The van der Waals surface area contributed by atoms with E-state index in [1.807, 2.05) is 0 Å². The van der Waals surface area contributed by atoms with Gasteiger partial charge in [0.15, 0.2) is 5.75 Å². The third-order valence-corrected chi connectivity index (χ3v) is 4.84. The molecule has 0 spiro atoms. The summed E-state index contributed by atoms with van der Waals surface area (Å²) in [4.78, 5) is 0. The molecule has 0 aromatic heterocycles. The molecule has 1 unspecified atom stereocenters. The minimum Gasteiger partial charge on any atom is -0.404 e. The molecule has 1 aromatic carbocycles. The number of halogens is 3. The van der Waals surface area contributed by atoms with Crippen molar-refractivity contribution >= 4 is 15.7 Å². The maximum absolute atomic E-state index is 12.3. The zero-order valence-electron chi connectivity index (χ0n) is 11.0. The van der Waals surface area contributed by atoms with Gasteiger partial charge in [-0.15, -0.1) is 13.2 Å². The smallest absolute Gasteiger partial charge is 0.404 e. The van der Waals surface area contributed by atoms with E-state index in [4.69, 9.17) is 0 Å². The minimum absolute atomic E-state index is 0.222. The third-order valence-electron chi connectivity index (χ3n) is 3.06. The van der Waals surface area contributed by atoms with Crippen LogP contribution in [-0.2, 0) is 10.0 Å². The molecule has 1 fully saturated rings. The maximum atomic E-state index is 12.3. The molecule has 1 saturated heterocycles. The van der Waals surface area contributed by atoms with Crippen molar-refractivity contribution in [3.05, 3.63) is 24.3 Å². The average Bonchev–Trinajstić information content (AvgIpc) is 2.40. The van der Waals surface area contributed by atoms with Gasteiger partial charge in [0.05, 0.1) is 10.9 Å². The van der Waals surface area contributed by atoms with Crippen molar-refractivity contribution < 1.29 is 26.3 Å². The van der Waals surface area contributed by atoms with Crippen molar-refractivity contribution in [1.82, 2.24) is 5.32 Å². The van der Waals surface area contributed by atoms with Gasteiger partial charge in [-0.25, -0.2) is 8.42 Å². The normalized spacial score (nSPS) is 20.0. The van der Waals surface area contributed by atoms with Crippen LogP contribution in [0.25, 0.3) is 0 Å². The van der Waals surface area contributed by atoms with Gasteiger partial charge in [-0.2, -0.15) is 0 Å². The van der Waals surface area contributed by atoms with E-state index < -0.39 is 27.4 Å². The van der Waals surface area contributed by atoms with Crippen molar-refractivity contribution in [2.24, 2.45) is 0 Å². The van der Waals surface area contributed by atoms with Gasteiger partial charge in [0.2, 0.25) is 10.0 Å². The van der Waals surface area contributed by atoms with Gasteiger partial charge < -0.3 is 10.1 Å². The molecule has 2 N–H and O–H groups in total. The maximum Gasteiger partial charge on any atom is 0.573 e. The predicted octanol–water partition coefficient (Wildman–Crippen LogP) is 2.08. The number of ether oxygens (including phenoxy) is 1. The van der Waals surface area contributed by atoms with E-state index in [0.717, 1.165) is 12.6 Å². The molecule has 2 rings (SSSR count). The number of hydrogen-bond donors (Lipinski definition) is 2. The van der Waals surface area contributed by atoms with Crippen LogP contribution in [0.2, 0.25) is 0 Å². The number of benzene rings is 1. The SMILES string of the molecule is O=S(=O)(Nc1ccccc1OC(F)(F)F)C1CCCNC1. The van der Waals surface area contributed by atoms with Gasteiger partial charge in [-0.05, 0) is 31.5 Å². The van der Waals surface area contributed by atoms with E-state index >= 15 is 0 Å². The average molecular weight is 324 g/mol. The highest BCUT2D eigenvalue weighted by atomic mass is 32.2.